The van der Waals surface area contributed by atoms with Crippen LogP contribution in [0.15, 0.2) is 40.2 Å². The van der Waals surface area contributed by atoms with Crippen LogP contribution in [0.2, 0.25) is 0 Å². The highest BCUT2D eigenvalue weighted by atomic mass is 32.1. The van der Waals surface area contributed by atoms with Gasteiger partial charge in [-0.25, -0.2) is 0 Å². The third-order valence-electron chi connectivity index (χ3n) is 2.72. The molecule has 2 heteroatoms. The largest absolute Gasteiger partial charge is 0.151 e. The van der Waals surface area contributed by atoms with Gasteiger partial charge in [0, 0.05) is 4.88 Å². The first-order chi connectivity index (χ1) is 7.61. The van der Waals surface area contributed by atoms with E-state index in [0.717, 1.165) is 0 Å². The fourth-order valence-corrected chi connectivity index (χ4v) is 2.90. The number of allylic oxidation sites excluding steroid dienone is 5. The van der Waals surface area contributed by atoms with Gasteiger partial charge in [-0.1, -0.05) is 12.2 Å². The monoisotopic (exact) mass is 250 g/mol. The Morgan fingerprint density at radius 1 is 1.38 bits per heavy atom. The van der Waals surface area contributed by atoms with E-state index in [4.69, 9.17) is 0 Å². The summed E-state index contributed by atoms with van der Waals surface area (Å²) in [4.78, 5) is 1.37. The minimum atomic E-state index is 1.26. The summed E-state index contributed by atoms with van der Waals surface area (Å²) in [6.45, 7) is 8.54. The molecule has 0 atom stereocenters. The van der Waals surface area contributed by atoms with Gasteiger partial charge in [-0.3, -0.25) is 0 Å². The first-order valence-electron chi connectivity index (χ1n) is 5.31. The van der Waals surface area contributed by atoms with Gasteiger partial charge in [-0.05, 0) is 66.8 Å². The quantitative estimate of drug-likeness (QED) is 0.550. The molecule has 16 heavy (non-hydrogen) atoms. The summed E-state index contributed by atoms with van der Waals surface area (Å²) in [7, 11) is 0. The second-order valence-electron chi connectivity index (χ2n) is 3.76. The zero-order chi connectivity index (χ0) is 12.1. The van der Waals surface area contributed by atoms with Crippen molar-refractivity contribution in [3.63, 3.8) is 0 Å². The van der Waals surface area contributed by atoms with E-state index in [-0.39, 0.29) is 0 Å². The van der Waals surface area contributed by atoms with E-state index in [0.29, 0.717) is 0 Å². The minimum absolute atomic E-state index is 1.26. The van der Waals surface area contributed by atoms with E-state index in [1.165, 1.54) is 27.2 Å². The fourth-order valence-electron chi connectivity index (χ4n) is 1.62. The Kier molecular flexibility index (Phi) is 5.10. The van der Waals surface area contributed by atoms with Gasteiger partial charge in [0.2, 0.25) is 0 Å². The van der Waals surface area contributed by atoms with Crippen LogP contribution in [0, 0.1) is 6.92 Å². The molecule has 0 unspecified atom stereocenters. The first-order valence-corrected chi connectivity index (χ1v) is 6.70. The predicted octanol–water partition coefficient (Wildman–Crippen LogP) is 5.24. The number of rotatable bonds is 3. The highest BCUT2D eigenvalue weighted by molar-refractivity contribution is 7.83. The minimum Gasteiger partial charge on any atom is -0.151 e. The molecule has 0 aliphatic carbocycles. The number of thiophene rings is 1. The van der Waals surface area contributed by atoms with Gasteiger partial charge < -0.3 is 0 Å². The zero-order valence-electron chi connectivity index (χ0n) is 10.2. The molecule has 0 saturated heterocycles. The fraction of sp³-hybridized carbons (Fsp3) is 0.286. The number of aryl methyl sites for hydroxylation is 1. The molecule has 0 fully saturated rings. The molecule has 1 rings (SSSR count). The Bertz CT molecular complexity index is 445. The molecule has 0 N–H and O–H groups in total. The number of hydrogen-bond donors (Lipinski definition) is 1. The van der Waals surface area contributed by atoms with Crippen LogP contribution in [0.3, 0.4) is 0 Å². The number of hydrogen-bond acceptors (Lipinski definition) is 2. The molecule has 0 aliphatic heterocycles. The van der Waals surface area contributed by atoms with Gasteiger partial charge in [0.1, 0.15) is 0 Å². The molecule has 1 heterocycles. The normalized spacial score (nSPS) is 14.4. The third-order valence-corrected chi connectivity index (χ3v) is 3.91. The molecule has 1 aromatic rings. The number of thiol groups is 1. The van der Waals surface area contributed by atoms with Crippen molar-refractivity contribution in [2.24, 2.45) is 0 Å². The second kappa shape index (κ2) is 6.12. The van der Waals surface area contributed by atoms with Crippen LogP contribution in [-0.2, 0) is 0 Å². The Balaban J connectivity index is 3.21. The average molecular weight is 250 g/mol. The van der Waals surface area contributed by atoms with Crippen molar-refractivity contribution in [3.8, 4) is 0 Å². The second-order valence-corrected chi connectivity index (χ2v) is 4.97. The van der Waals surface area contributed by atoms with Crippen LogP contribution in [0.5, 0.6) is 0 Å². The molecule has 0 aliphatic rings. The van der Waals surface area contributed by atoms with Gasteiger partial charge in [0.25, 0.3) is 0 Å². The Morgan fingerprint density at radius 3 is 2.50 bits per heavy atom. The SMILES string of the molecule is CC=C(/C(C)=C(C)/C=C\S)c1sccc1C. The Labute approximate surface area is 108 Å². The van der Waals surface area contributed by atoms with Crippen molar-refractivity contribution < 1.29 is 0 Å². The van der Waals surface area contributed by atoms with Gasteiger partial charge in [-0.15, -0.1) is 11.3 Å². The molecule has 0 aromatic carbocycles. The first kappa shape index (κ1) is 13.3. The summed E-state index contributed by atoms with van der Waals surface area (Å²) in [6, 6.07) is 2.17. The van der Waals surface area contributed by atoms with E-state index in [1.807, 2.05) is 6.08 Å². The molecule has 0 amide bonds. The maximum atomic E-state index is 4.12. The van der Waals surface area contributed by atoms with Crippen molar-refractivity contribution in [1.82, 2.24) is 0 Å². The van der Waals surface area contributed by atoms with Crippen LogP contribution >= 0.6 is 24.0 Å². The van der Waals surface area contributed by atoms with Gasteiger partial charge in [0.15, 0.2) is 0 Å². The lowest BCUT2D eigenvalue weighted by atomic mass is 9.99. The van der Waals surface area contributed by atoms with Gasteiger partial charge >= 0.3 is 0 Å². The molecular weight excluding hydrogens is 232 g/mol. The predicted molar refractivity (Wildman–Crippen MR) is 79.2 cm³/mol. The topological polar surface area (TPSA) is 0 Å². The maximum absolute atomic E-state index is 4.12. The summed E-state index contributed by atoms with van der Waals surface area (Å²) >= 11 is 5.92. The van der Waals surface area contributed by atoms with Crippen molar-refractivity contribution in [1.29, 1.82) is 0 Å². The molecule has 0 radical (unpaired) electrons. The highest BCUT2D eigenvalue weighted by Gasteiger charge is 2.08. The maximum Gasteiger partial charge on any atom is 0.0371 e. The average Bonchev–Trinajstić information content (AvgIpc) is 2.66. The van der Waals surface area contributed by atoms with Crippen LogP contribution < -0.4 is 0 Å². The van der Waals surface area contributed by atoms with Crippen LogP contribution in [0.4, 0.5) is 0 Å². The standard InChI is InChI=1S/C14H18S2/c1-5-13(12(4)10(2)6-8-15)14-11(3)7-9-16-14/h5-9,15H,1-4H3/b8-6-,12-10+,13-5?. The lowest BCUT2D eigenvalue weighted by Gasteiger charge is -2.09. The van der Waals surface area contributed by atoms with Crippen molar-refractivity contribution in [2.75, 3.05) is 0 Å². The zero-order valence-corrected chi connectivity index (χ0v) is 12.0. The van der Waals surface area contributed by atoms with Gasteiger partial charge in [-0.2, -0.15) is 12.6 Å². The van der Waals surface area contributed by atoms with Crippen LogP contribution in [0.25, 0.3) is 5.57 Å². The lowest BCUT2D eigenvalue weighted by Crippen LogP contribution is -1.88. The lowest BCUT2D eigenvalue weighted by molar-refractivity contribution is 1.37. The highest BCUT2D eigenvalue weighted by Crippen LogP contribution is 2.31. The summed E-state index contributed by atoms with van der Waals surface area (Å²) in [5.41, 5.74) is 5.26. The van der Waals surface area contributed by atoms with E-state index >= 15 is 0 Å². The smallest absolute Gasteiger partial charge is 0.0371 e. The van der Waals surface area contributed by atoms with E-state index in [2.05, 4.69) is 57.8 Å². The van der Waals surface area contributed by atoms with Crippen molar-refractivity contribution >= 4 is 29.5 Å². The Morgan fingerprint density at radius 2 is 2.06 bits per heavy atom. The third kappa shape index (κ3) is 2.89. The molecule has 0 bridgehead atoms. The van der Waals surface area contributed by atoms with Gasteiger partial charge in [0.05, 0.1) is 0 Å². The molecule has 0 spiro atoms. The molecule has 86 valence electrons. The van der Waals surface area contributed by atoms with E-state index < -0.39 is 0 Å². The van der Waals surface area contributed by atoms with Crippen LogP contribution in [0.1, 0.15) is 31.2 Å². The summed E-state index contributed by atoms with van der Waals surface area (Å²) in [5.74, 6) is 0. The Hall–Kier alpha value is -0.730. The van der Waals surface area contributed by atoms with E-state index in [1.54, 1.807) is 16.7 Å². The molecule has 0 saturated carbocycles. The molecular formula is C14H18S2. The summed E-state index contributed by atoms with van der Waals surface area (Å²) in [5, 5.41) is 3.93. The van der Waals surface area contributed by atoms with Crippen molar-refractivity contribution in [2.45, 2.75) is 27.7 Å². The van der Waals surface area contributed by atoms with Crippen LogP contribution in [-0.4, -0.2) is 0 Å². The molecule has 0 nitrogen and oxygen atoms in total. The van der Waals surface area contributed by atoms with E-state index in [9.17, 15) is 0 Å². The summed E-state index contributed by atoms with van der Waals surface area (Å²) < 4.78 is 0. The van der Waals surface area contributed by atoms with Crippen molar-refractivity contribution in [3.05, 3.63) is 50.6 Å². The molecule has 1 aromatic heterocycles. The summed E-state index contributed by atoms with van der Waals surface area (Å²) in [6.07, 6.45) is 4.22.